The van der Waals surface area contributed by atoms with Crippen molar-refractivity contribution in [1.29, 1.82) is 0 Å². The first-order chi connectivity index (χ1) is 9.58. The minimum absolute atomic E-state index is 0.0172. The van der Waals surface area contributed by atoms with Gasteiger partial charge in [-0.2, -0.15) is 0 Å². The van der Waals surface area contributed by atoms with Crippen molar-refractivity contribution in [3.8, 4) is 11.4 Å². The molecule has 0 amide bonds. The van der Waals surface area contributed by atoms with Crippen LogP contribution in [0.2, 0.25) is 5.02 Å². The monoisotopic (exact) mass is 291 g/mol. The van der Waals surface area contributed by atoms with Crippen LogP contribution >= 0.6 is 11.6 Å². The summed E-state index contributed by atoms with van der Waals surface area (Å²) in [6, 6.07) is 7.29. The molecule has 0 saturated carbocycles. The molecule has 6 heteroatoms. The van der Waals surface area contributed by atoms with Crippen LogP contribution in [0.4, 0.5) is 0 Å². The number of fused-ring (bicyclic) bond motifs is 1. The maximum atomic E-state index is 11.4. The molecule has 1 unspecified atom stereocenters. The van der Waals surface area contributed by atoms with Crippen molar-refractivity contribution in [2.24, 2.45) is 5.73 Å². The minimum Gasteiger partial charge on any atom is -0.476 e. The summed E-state index contributed by atoms with van der Waals surface area (Å²) in [4.78, 5) is 15.6. The molecule has 0 aliphatic carbocycles. The number of hydrogen-bond acceptors (Lipinski definition) is 3. The molecular formula is C14H14ClN3O2. The molecule has 1 atom stereocenters. The molecule has 104 valence electrons. The molecule has 0 spiro atoms. The van der Waals surface area contributed by atoms with Crippen LogP contribution in [0, 0.1) is 0 Å². The van der Waals surface area contributed by atoms with E-state index in [0.29, 0.717) is 29.5 Å². The number of rotatable bonds is 2. The molecule has 1 aliphatic rings. The fraction of sp³-hybridized carbons (Fsp3) is 0.286. The number of benzene rings is 1. The third kappa shape index (κ3) is 2.09. The van der Waals surface area contributed by atoms with Gasteiger partial charge in [0.2, 0.25) is 0 Å². The molecule has 1 aromatic carbocycles. The molecule has 0 fully saturated rings. The fourth-order valence-electron chi connectivity index (χ4n) is 2.60. The second-order valence-corrected chi connectivity index (χ2v) is 5.33. The van der Waals surface area contributed by atoms with E-state index in [9.17, 15) is 9.90 Å². The summed E-state index contributed by atoms with van der Waals surface area (Å²) in [6.07, 6.45) is 1.33. The minimum atomic E-state index is -1.03. The summed E-state index contributed by atoms with van der Waals surface area (Å²) in [7, 11) is 0. The van der Waals surface area contributed by atoms with Crippen LogP contribution in [-0.4, -0.2) is 26.7 Å². The topological polar surface area (TPSA) is 81.1 Å². The van der Waals surface area contributed by atoms with E-state index in [1.165, 1.54) is 0 Å². The first-order valence-electron chi connectivity index (χ1n) is 6.41. The fourth-order valence-corrected chi connectivity index (χ4v) is 2.82. The van der Waals surface area contributed by atoms with E-state index < -0.39 is 5.97 Å². The number of carbonyl (C=O) groups is 1. The molecule has 3 N–H and O–H groups in total. The van der Waals surface area contributed by atoms with E-state index in [4.69, 9.17) is 17.3 Å². The Hall–Kier alpha value is -1.85. The summed E-state index contributed by atoms with van der Waals surface area (Å²) < 4.78 is 1.92. The van der Waals surface area contributed by atoms with E-state index in [2.05, 4.69) is 4.98 Å². The molecule has 20 heavy (non-hydrogen) atoms. The SMILES string of the molecule is NC1CCn2c(-c3ccccc3Cl)nc(C(=O)O)c2C1. The Morgan fingerprint density at radius 2 is 2.20 bits per heavy atom. The molecule has 1 aliphatic heterocycles. The standard InChI is InChI=1S/C14H14ClN3O2/c15-10-4-2-1-3-9(10)13-17-12(14(19)20)11-7-8(16)5-6-18(11)13/h1-4,8H,5-7,16H2,(H,19,20). The van der Waals surface area contributed by atoms with Gasteiger partial charge in [-0.05, 0) is 18.6 Å². The zero-order chi connectivity index (χ0) is 14.3. The Kier molecular flexibility index (Phi) is 3.23. The lowest BCUT2D eigenvalue weighted by atomic mass is 10.0. The van der Waals surface area contributed by atoms with Crippen LogP contribution in [-0.2, 0) is 13.0 Å². The third-order valence-corrected chi connectivity index (χ3v) is 3.90. The summed E-state index contributed by atoms with van der Waals surface area (Å²) in [5.74, 6) is -0.420. The van der Waals surface area contributed by atoms with E-state index >= 15 is 0 Å². The first-order valence-corrected chi connectivity index (χ1v) is 6.79. The molecule has 5 nitrogen and oxygen atoms in total. The summed E-state index contributed by atoms with van der Waals surface area (Å²) in [5, 5.41) is 9.87. The number of nitrogens with two attached hydrogens (primary N) is 1. The smallest absolute Gasteiger partial charge is 0.356 e. The molecule has 0 saturated heterocycles. The summed E-state index contributed by atoms with van der Waals surface area (Å²) in [6.45, 7) is 0.664. The highest BCUT2D eigenvalue weighted by Gasteiger charge is 2.27. The number of hydrogen-bond donors (Lipinski definition) is 2. The van der Waals surface area contributed by atoms with Gasteiger partial charge in [-0.25, -0.2) is 9.78 Å². The second kappa shape index (κ2) is 4.92. The number of imidazole rings is 1. The largest absolute Gasteiger partial charge is 0.476 e. The van der Waals surface area contributed by atoms with Crippen LogP contribution in [0.15, 0.2) is 24.3 Å². The van der Waals surface area contributed by atoms with Gasteiger partial charge in [0.1, 0.15) is 5.82 Å². The van der Waals surface area contributed by atoms with Gasteiger partial charge in [0, 0.05) is 24.6 Å². The van der Waals surface area contributed by atoms with Gasteiger partial charge in [-0.3, -0.25) is 0 Å². The van der Waals surface area contributed by atoms with Crippen molar-refractivity contribution >= 4 is 17.6 Å². The van der Waals surface area contributed by atoms with Crippen LogP contribution in [0.5, 0.6) is 0 Å². The predicted molar refractivity (Wildman–Crippen MR) is 75.9 cm³/mol. The third-order valence-electron chi connectivity index (χ3n) is 3.57. The van der Waals surface area contributed by atoms with Crippen LogP contribution in [0.3, 0.4) is 0 Å². The van der Waals surface area contributed by atoms with Crippen molar-refractivity contribution in [1.82, 2.24) is 9.55 Å². The second-order valence-electron chi connectivity index (χ2n) is 4.92. The van der Waals surface area contributed by atoms with Crippen LogP contribution in [0.25, 0.3) is 11.4 Å². The molecule has 0 radical (unpaired) electrons. The number of aromatic nitrogens is 2. The number of halogens is 1. The molecule has 0 bridgehead atoms. The molecule has 1 aromatic heterocycles. The quantitative estimate of drug-likeness (QED) is 0.888. The molecular weight excluding hydrogens is 278 g/mol. The van der Waals surface area contributed by atoms with Crippen molar-refractivity contribution < 1.29 is 9.90 Å². The lowest BCUT2D eigenvalue weighted by molar-refractivity contribution is 0.0689. The van der Waals surface area contributed by atoms with Crippen LogP contribution < -0.4 is 5.73 Å². The van der Waals surface area contributed by atoms with Gasteiger partial charge in [0.25, 0.3) is 0 Å². The average Bonchev–Trinajstić information content (AvgIpc) is 2.78. The van der Waals surface area contributed by atoms with Crippen molar-refractivity contribution in [3.05, 3.63) is 40.7 Å². The highest BCUT2D eigenvalue weighted by Crippen LogP contribution is 2.31. The van der Waals surface area contributed by atoms with Crippen molar-refractivity contribution in [2.45, 2.75) is 25.4 Å². The highest BCUT2D eigenvalue weighted by molar-refractivity contribution is 6.33. The van der Waals surface area contributed by atoms with E-state index in [1.807, 2.05) is 22.8 Å². The summed E-state index contributed by atoms with van der Waals surface area (Å²) in [5.41, 5.74) is 7.45. The Bertz CT molecular complexity index is 681. The van der Waals surface area contributed by atoms with E-state index in [-0.39, 0.29) is 11.7 Å². The average molecular weight is 292 g/mol. The van der Waals surface area contributed by atoms with Gasteiger partial charge < -0.3 is 15.4 Å². The number of aromatic carboxylic acids is 1. The summed E-state index contributed by atoms with van der Waals surface area (Å²) >= 11 is 6.19. The lowest BCUT2D eigenvalue weighted by Crippen LogP contribution is -2.31. The first kappa shape index (κ1) is 13.1. The van der Waals surface area contributed by atoms with E-state index in [0.717, 1.165) is 12.0 Å². The zero-order valence-corrected chi connectivity index (χ0v) is 11.5. The Morgan fingerprint density at radius 1 is 1.45 bits per heavy atom. The maximum Gasteiger partial charge on any atom is 0.356 e. The van der Waals surface area contributed by atoms with Gasteiger partial charge >= 0.3 is 5.97 Å². The number of nitrogens with zero attached hydrogens (tertiary/aromatic N) is 2. The van der Waals surface area contributed by atoms with Crippen molar-refractivity contribution in [2.75, 3.05) is 0 Å². The van der Waals surface area contributed by atoms with Crippen molar-refractivity contribution in [3.63, 3.8) is 0 Å². The Labute approximate surface area is 121 Å². The predicted octanol–water partition coefficient (Wildman–Crippen LogP) is 2.18. The normalized spacial score (nSPS) is 17.8. The molecule has 2 heterocycles. The van der Waals surface area contributed by atoms with Crippen LogP contribution in [0.1, 0.15) is 22.6 Å². The lowest BCUT2D eigenvalue weighted by Gasteiger charge is -2.22. The van der Waals surface area contributed by atoms with Gasteiger partial charge in [-0.1, -0.05) is 23.7 Å². The molecule has 2 aromatic rings. The van der Waals surface area contributed by atoms with Gasteiger partial charge in [-0.15, -0.1) is 0 Å². The number of carboxylic acid groups (broad SMARTS) is 1. The zero-order valence-electron chi connectivity index (χ0n) is 10.7. The molecule has 3 rings (SSSR count). The maximum absolute atomic E-state index is 11.4. The highest BCUT2D eigenvalue weighted by atomic mass is 35.5. The Balaban J connectivity index is 2.20. The number of carboxylic acids is 1. The van der Waals surface area contributed by atoms with E-state index in [1.54, 1.807) is 6.07 Å². The van der Waals surface area contributed by atoms with Gasteiger partial charge in [0.05, 0.1) is 10.7 Å². The Morgan fingerprint density at radius 3 is 2.90 bits per heavy atom. The van der Waals surface area contributed by atoms with Gasteiger partial charge in [0.15, 0.2) is 5.69 Å².